The van der Waals surface area contributed by atoms with Crippen LogP contribution < -0.4 is 15.4 Å². The molecule has 0 heterocycles. The van der Waals surface area contributed by atoms with Crippen molar-refractivity contribution in [3.8, 4) is 0 Å². The minimum atomic E-state index is -3.50. The highest BCUT2D eigenvalue weighted by molar-refractivity contribution is 7.89. The first-order valence-electron chi connectivity index (χ1n) is 5.42. The van der Waals surface area contributed by atoms with E-state index < -0.39 is 10.0 Å². The minimum Gasteiger partial charge on any atom is -0.325 e. The number of carbonyl (C=O) groups is 1. The number of anilines is 1. The molecule has 0 saturated heterocycles. The van der Waals surface area contributed by atoms with Crippen molar-refractivity contribution < 1.29 is 13.2 Å². The predicted octanol–water partition coefficient (Wildman–Crippen LogP) is 0.141. The summed E-state index contributed by atoms with van der Waals surface area (Å²) in [6.45, 7) is 1.71. The van der Waals surface area contributed by atoms with Crippen LogP contribution in [0.3, 0.4) is 0 Å². The van der Waals surface area contributed by atoms with Crippen molar-refractivity contribution in [1.29, 1.82) is 0 Å². The van der Waals surface area contributed by atoms with Crippen LogP contribution in [0.1, 0.15) is 6.92 Å². The third-order valence-corrected chi connectivity index (χ3v) is 3.92. The van der Waals surface area contributed by atoms with Crippen LogP contribution in [-0.4, -0.2) is 34.5 Å². The predicted molar refractivity (Wildman–Crippen MR) is 69.8 cm³/mol. The molecule has 0 saturated carbocycles. The molecule has 0 fully saturated rings. The lowest BCUT2D eigenvalue weighted by molar-refractivity contribution is -0.117. The zero-order chi connectivity index (χ0) is 13.8. The number of sulfonamides is 1. The lowest BCUT2D eigenvalue weighted by Crippen LogP contribution is -2.35. The third kappa shape index (κ3) is 3.52. The number of amides is 1. The van der Waals surface area contributed by atoms with E-state index in [-0.39, 0.29) is 16.8 Å². The third-order valence-electron chi connectivity index (χ3n) is 2.51. The number of hydrogen-bond acceptors (Lipinski definition) is 4. The number of benzene rings is 1. The van der Waals surface area contributed by atoms with Crippen molar-refractivity contribution in [2.24, 2.45) is 0 Å². The summed E-state index contributed by atoms with van der Waals surface area (Å²) in [6.07, 6.45) is 0. The molecule has 3 N–H and O–H groups in total. The lowest BCUT2D eigenvalue weighted by atomic mass is 10.3. The fraction of sp³-hybridized carbons (Fsp3) is 0.364. The summed E-state index contributed by atoms with van der Waals surface area (Å²) >= 11 is 0. The highest BCUT2D eigenvalue weighted by atomic mass is 32.2. The quantitative estimate of drug-likeness (QED) is 0.711. The number of hydrogen-bond donors (Lipinski definition) is 3. The largest absolute Gasteiger partial charge is 0.325 e. The van der Waals surface area contributed by atoms with Crippen molar-refractivity contribution in [2.75, 3.05) is 19.4 Å². The van der Waals surface area contributed by atoms with Crippen LogP contribution >= 0.6 is 0 Å². The molecular weight excluding hydrogens is 254 g/mol. The lowest BCUT2D eigenvalue weighted by Gasteiger charge is -2.11. The molecule has 100 valence electrons. The second kappa shape index (κ2) is 5.94. The molecular formula is C11H17N3O3S. The fourth-order valence-corrected chi connectivity index (χ4v) is 2.02. The summed E-state index contributed by atoms with van der Waals surface area (Å²) in [5.74, 6) is -0.225. The van der Waals surface area contributed by atoms with Gasteiger partial charge in [0.05, 0.1) is 10.9 Å². The van der Waals surface area contributed by atoms with Gasteiger partial charge in [-0.15, -0.1) is 0 Å². The van der Waals surface area contributed by atoms with Gasteiger partial charge in [0.25, 0.3) is 0 Å². The van der Waals surface area contributed by atoms with E-state index in [1.54, 1.807) is 26.1 Å². The molecule has 0 aliphatic rings. The van der Waals surface area contributed by atoms with Gasteiger partial charge in [0, 0.05) is 5.69 Å². The molecule has 1 amide bonds. The second-order valence-corrected chi connectivity index (χ2v) is 5.62. The van der Waals surface area contributed by atoms with Crippen molar-refractivity contribution in [1.82, 2.24) is 10.0 Å². The summed E-state index contributed by atoms with van der Waals surface area (Å²) in [7, 11) is -0.490. The van der Waals surface area contributed by atoms with E-state index in [0.29, 0.717) is 5.69 Å². The summed E-state index contributed by atoms with van der Waals surface area (Å²) < 4.78 is 25.4. The van der Waals surface area contributed by atoms with E-state index in [2.05, 4.69) is 15.4 Å². The summed E-state index contributed by atoms with van der Waals surface area (Å²) in [5.41, 5.74) is 0.443. The molecule has 0 aliphatic carbocycles. The summed E-state index contributed by atoms with van der Waals surface area (Å²) in [5, 5.41) is 5.43. The van der Waals surface area contributed by atoms with Gasteiger partial charge in [-0.2, -0.15) is 0 Å². The highest BCUT2D eigenvalue weighted by Crippen LogP contribution is 2.15. The summed E-state index contributed by atoms with van der Waals surface area (Å²) in [4.78, 5) is 11.7. The summed E-state index contributed by atoms with van der Waals surface area (Å²) in [6, 6.07) is 5.73. The maximum absolute atomic E-state index is 11.6. The molecule has 6 nitrogen and oxygen atoms in total. The van der Waals surface area contributed by atoms with Gasteiger partial charge in [-0.3, -0.25) is 4.79 Å². The first-order valence-corrected chi connectivity index (χ1v) is 6.90. The smallest absolute Gasteiger partial charge is 0.241 e. The molecule has 0 aliphatic heterocycles. The number of likely N-dealkylation sites (N-methyl/N-ethyl adjacent to an activating group) is 1. The van der Waals surface area contributed by atoms with E-state index >= 15 is 0 Å². The van der Waals surface area contributed by atoms with Crippen LogP contribution in [0.4, 0.5) is 5.69 Å². The topological polar surface area (TPSA) is 87.3 Å². The van der Waals surface area contributed by atoms with Gasteiger partial charge in [0.2, 0.25) is 15.9 Å². The second-order valence-electron chi connectivity index (χ2n) is 3.74. The monoisotopic (exact) mass is 271 g/mol. The molecule has 1 rings (SSSR count). The molecule has 0 bridgehead atoms. The van der Waals surface area contributed by atoms with Crippen LogP contribution in [0, 0.1) is 0 Å². The van der Waals surface area contributed by atoms with E-state index in [4.69, 9.17) is 0 Å². The van der Waals surface area contributed by atoms with Crippen LogP contribution in [0.15, 0.2) is 29.2 Å². The van der Waals surface area contributed by atoms with Crippen LogP contribution in [0.2, 0.25) is 0 Å². The van der Waals surface area contributed by atoms with E-state index in [1.165, 1.54) is 19.2 Å². The molecule has 0 radical (unpaired) electrons. The van der Waals surface area contributed by atoms with Crippen LogP contribution in [0.25, 0.3) is 0 Å². The minimum absolute atomic E-state index is 0.111. The Kier molecular flexibility index (Phi) is 4.83. The Morgan fingerprint density at radius 1 is 1.28 bits per heavy atom. The van der Waals surface area contributed by atoms with E-state index in [0.717, 1.165) is 0 Å². The number of carbonyl (C=O) groups excluding carboxylic acids is 1. The normalized spacial score (nSPS) is 13.1. The van der Waals surface area contributed by atoms with Crippen LogP contribution in [-0.2, 0) is 14.8 Å². The van der Waals surface area contributed by atoms with Crippen molar-refractivity contribution in [2.45, 2.75) is 17.9 Å². The molecule has 1 aromatic carbocycles. The van der Waals surface area contributed by atoms with E-state index in [9.17, 15) is 13.2 Å². The Balaban J connectivity index is 2.94. The van der Waals surface area contributed by atoms with Crippen molar-refractivity contribution in [3.63, 3.8) is 0 Å². The molecule has 0 spiro atoms. The zero-order valence-corrected chi connectivity index (χ0v) is 11.3. The van der Waals surface area contributed by atoms with Gasteiger partial charge in [-0.05, 0) is 39.2 Å². The Hall–Kier alpha value is -1.44. The van der Waals surface area contributed by atoms with Crippen molar-refractivity contribution in [3.05, 3.63) is 24.3 Å². The molecule has 18 heavy (non-hydrogen) atoms. The van der Waals surface area contributed by atoms with Gasteiger partial charge >= 0.3 is 0 Å². The van der Waals surface area contributed by atoms with Gasteiger partial charge in [-0.25, -0.2) is 13.1 Å². The molecule has 1 aromatic rings. The van der Waals surface area contributed by atoms with E-state index in [1.807, 2.05) is 0 Å². The van der Waals surface area contributed by atoms with Gasteiger partial charge in [0.15, 0.2) is 0 Å². The average molecular weight is 271 g/mol. The number of nitrogens with one attached hydrogen (secondary N) is 3. The first kappa shape index (κ1) is 14.6. The molecule has 0 aromatic heterocycles. The molecule has 1 unspecified atom stereocenters. The van der Waals surface area contributed by atoms with Crippen molar-refractivity contribution >= 4 is 21.6 Å². The van der Waals surface area contributed by atoms with Gasteiger partial charge < -0.3 is 10.6 Å². The first-order chi connectivity index (χ1) is 8.40. The Morgan fingerprint density at radius 2 is 1.94 bits per heavy atom. The maximum Gasteiger partial charge on any atom is 0.241 e. The molecule has 7 heteroatoms. The van der Waals surface area contributed by atoms with Gasteiger partial charge in [0.1, 0.15) is 0 Å². The zero-order valence-electron chi connectivity index (χ0n) is 10.5. The fourth-order valence-electron chi connectivity index (χ4n) is 1.24. The maximum atomic E-state index is 11.6. The average Bonchev–Trinajstić information content (AvgIpc) is 2.38. The number of rotatable bonds is 5. The standard InChI is InChI=1S/C11H17N3O3S/c1-8(12-2)11(15)14-9-5-4-6-10(7-9)18(16,17)13-3/h4-8,12-13H,1-3H3,(H,14,15). The van der Waals surface area contributed by atoms with Gasteiger partial charge in [-0.1, -0.05) is 6.07 Å². The Bertz CT molecular complexity index is 528. The SMILES string of the molecule is CNC(C)C(=O)Nc1cccc(S(=O)(=O)NC)c1. The Labute approximate surface area is 107 Å². The highest BCUT2D eigenvalue weighted by Gasteiger charge is 2.14. The van der Waals surface area contributed by atoms with Crippen LogP contribution in [0.5, 0.6) is 0 Å². The Morgan fingerprint density at radius 3 is 2.50 bits per heavy atom. The molecule has 1 atom stereocenters.